The Morgan fingerprint density at radius 1 is 1.00 bits per heavy atom. The third kappa shape index (κ3) is 4.39. The van der Waals surface area contributed by atoms with Crippen LogP contribution >= 0.6 is 0 Å². The van der Waals surface area contributed by atoms with E-state index in [2.05, 4.69) is 9.97 Å². The number of nitrogens with zero attached hydrogens (tertiary/aromatic N) is 3. The summed E-state index contributed by atoms with van der Waals surface area (Å²) in [6.07, 6.45) is 1.24. The summed E-state index contributed by atoms with van der Waals surface area (Å²) in [4.78, 5) is 31.2. The van der Waals surface area contributed by atoms with Crippen molar-refractivity contribution >= 4 is 16.9 Å². The van der Waals surface area contributed by atoms with Crippen molar-refractivity contribution in [3.63, 3.8) is 0 Å². The predicted octanol–water partition coefficient (Wildman–Crippen LogP) is 4.40. The molecule has 1 saturated heterocycles. The van der Waals surface area contributed by atoms with E-state index >= 15 is 0 Å². The number of rotatable bonds is 6. The molecule has 0 saturated carbocycles. The van der Waals surface area contributed by atoms with Crippen LogP contribution in [0.25, 0.3) is 28.0 Å². The Labute approximate surface area is 215 Å². The van der Waals surface area contributed by atoms with Gasteiger partial charge in [-0.05, 0) is 55.3 Å². The molecule has 3 heterocycles. The number of nitrogens with one attached hydrogen (secondary N) is 2. The Morgan fingerprint density at radius 2 is 1.71 bits per heavy atom. The predicted molar refractivity (Wildman–Crippen MR) is 137 cm³/mol. The first-order chi connectivity index (χ1) is 18.4. The van der Waals surface area contributed by atoms with Crippen LogP contribution in [0.5, 0.6) is 0 Å². The number of ether oxygens (including phenoxy) is 1. The van der Waals surface area contributed by atoms with Crippen molar-refractivity contribution in [2.45, 2.75) is 19.6 Å². The van der Waals surface area contributed by atoms with Gasteiger partial charge in [-0.2, -0.15) is 5.10 Å². The van der Waals surface area contributed by atoms with Crippen molar-refractivity contribution in [3.8, 4) is 16.9 Å². The van der Waals surface area contributed by atoms with Crippen LogP contribution < -0.4 is 5.69 Å². The summed E-state index contributed by atoms with van der Waals surface area (Å²) >= 11 is 0. The van der Waals surface area contributed by atoms with Crippen molar-refractivity contribution in [1.82, 2.24) is 24.6 Å². The number of carbonyl (C=O) groups is 1. The molecule has 1 fully saturated rings. The molecule has 1 atom stereocenters. The van der Waals surface area contributed by atoms with E-state index in [4.69, 9.17) is 9.84 Å². The first-order valence-electron chi connectivity index (χ1n) is 12.1. The molecular formula is C28H23F2N5O3. The molecule has 38 heavy (non-hydrogen) atoms. The van der Waals surface area contributed by atoms with Gasteiger partial charge in [0, 0.05) is 23.9 Å². The van der Waals surface area contributed by atoms with E-state index in [0.29, 0.717) is 33.5 Å². The maximum absolute atomic E-state index is 14.7. The fourth-order valence-corrected chi connectivity index (χ4v) is 4.72. The third-order valence-corrected chi connectivity index (χ3v) is 6.70. The molecule has 1 aliphatic heterocycles. The second-order valence-corrected chi connectivity index (χ2v) is 9.29. The second-order valence-electron chi connectivity index (χ2n) is 9.29. The molecule has 5 aromatic rings. The van der Waals surface area contributed by atoms with Crippen molar-refractivity contribution in [2.75, 3.05) is 13.2 Å². The molecule has 0 aliphatic carbocycles. The summed E-state index contributed by atoms with van der Waals surface area (Å²) in [6, 6.07) is 16.6. The fraction of sp³-hybridized carbons (Fsp3) is 0.179. The number of aromatic nitrogens is 4. The van der Waals surface area contributed by atoms with E-state index in [0.717, 1.165) is 11.1 Å². The summed E-state index contributed by atoms with van der Waals surface area (Å²) in [5.41, 5.74) is 4.68. The lowest BCUT2D eigenvalue weighted by Gasteiger charge is -2.23. The average molecular weight is 516 g/mol. The topological polar surface area (TPSA) is 96.0 Å². The van der Waals surface area contributed by atoms with Crippen molar-refractivity contribution in [2.24, 2.45) is 0 Å². The molecule has 8 nitrogen and oxygen atoms in total. The summed E-state index contributed by atoms with van der Waals surface area (Å²) in [5.74, 6) is -1.05. The first-order valence-corrected chi connectivity index (χ1v) is 12.1. The molecule has 0 spiro atoms. The molecule has 6 rings (SSSR count). The van der Waals surface area contributed by atoms with E-state index in [1.807, 2.05) is 31.2 Å². The number of hydrogen-bond acceptors (Lipinski definition) is 4. The van der Waals surface area contributed by atoms with Gasteiger partial charge in [0.2, 0.25) is 0 Å². The molecule has 1 unspecified atom stereocenters. The van der Waals surface area contributed by atoms with Crippen LogP contribution in [0.1, 0.15) is 22.9 Å². The minimum absolute atomic E-state index is 0.119. The van der Waals surface area contributed by atoms with E-state index in [1.165, 1.54) is 18.2 Å². The summed E-state index contributed by atoms with van der Waals surface area (Å²) in [5, 5.41) is 4.76. The smallest absolute Gasteiger partial charge is 0.323 e. The van der Waals surface area contributed by atoms with Crippen LogP contribution in [0.2, 0.25) is 0 Å². The number of imidazole rings is 1. The first kappa shape index (κ1) is 23.8. The maximum Gasteiger partial charge on any atom is 0.323 e. The maximum atomic E-state index is 14.7. The molecule has 10 heteroatoms. The Bertz CT molecular complexity index is 1700. The molecule has 0 radical (unpaired) electrons. The van der Waals surface area contributed by atoms with Crippen molar-refractivity contribution < 1.29 is 18.3 Å². The van der Waals surface area contributed by atoms with E-state index in [-0.39, 0.29) is 31.3 Å². The number of amides is 1. The summed E-state index contributed by atoms with van der Waals surface area (Å²) in [7, 11) is 0. The van der Waals surface area contributed by atoms with Crippen LogP contribution in [-0.4, -0.2) is 43.7 Å². The quantitative estimate of drug-likeness (QED) is 0.351. The number of fused-ring (bicyclic) bond motifs is 1. The summed E-state index contributed by atoms with van der Waals surface area (Å²) in [6.45, 7) is 2.06. The van der Waals surface area contributed by atoms with Crippen LogP contribution in [0, 0.1) is 18.6 Å². The van der Waals surface area contributed by atoms with Gasteiger partial charge in [-0.25, -0.2) is 18.3 Å². The number of benzene rings is 3. The van der Waals surface area contributed by atoms with Gasteiger partial charge in [0.1, 0.15) is 23.9 Å². The SMILES string of the molecule is Cc1ccc(-c2nn(-c3ccc(F)cc3)cc2C2OCC(=O)N2CCc2cc3[nH]c(=O)[nH]c3cc2F)cc1. The van der Waals surface area contributed by atoms with Crippen LogP contribution in [-0.2, 0) is 16.0 Å². The highest BCUT2D eigenvalue weighted by atomic mass is 19.1. The van der Waals surface area contributed by atoms with Gasteiger partial charge in [0.05, 0.1) is 16.7 Å². The van der Waals surface area contributed by atoms with E-state index in [9.17, 15) is 18.4 Å². The number of halogens is 2. The molecule has 0 bridgehead atoms. The number of aryl methyl sites for hydroxylation is 1. The highest BCUT2D eigenvalue weighted by molar-refractivity contribution is 5.80. The average Bonchev–Trinajstić information content (AvgIpc) is 3.59. The normalized spacial score (nSPS) is 15.6. The van der Waals surface area contributed by atoms with Gasteiger partial charge in [-0.3, -0.25) is 4.79 Å². The monoisotopic (exact) mass is 515 g/mol. The zero-order chi connectivity index (χ0) is 26.4. The van der Waals surface area contributed by atoms with Gasteiger partial charge in [0.25, 0.3) is 5.91 Å². The summed E-state index contributed by atoms with van der Waals surface area (Å²) < 4.78 is 35.8. The number of carbonyl (C=O) groups excluding carboxylic acids is 1. The van der Waals surface area contributed by atoms with Gasteiger partial charge >= 0.3 is 5.69 Å². The molecule has 192 valence electrons. The Morgan fingerprint density at radius 3 is 2.45 bits per heavy atom. The minimum atomic E-state index is -0.744. The third-order valence-electron chi connectivity index (χ3n) is 6.70. The Kier molecular flexibility index (Phi) is 5.88. The number of aromatic amines is 2. The largest absolute Gasteiger partial charge is 0.344 e. The molecular weight excluding hydrogens is 492 g/mol. The van der Waals surface area contributed by atoms with Crippen LogP contribution in [0.15, 0.2) is 71.7 Å². The van der Waals surface area contributed by atoms with E-state index in [1.54, 1.807) is 34.0 Å². The van der Waals surface area contributed by atoms with Gasteiger partial charge in [0.15, 0.2) is 6.23 Å². The molecule has 1 aliphatic rings. The second kappa shape index (κ2) is 9.38. The van der Waals surface area contributed by atoms with Crippen LogP contribution in [0.4, 0.5) is 8.78 Å². The van der Waals surface area contributed by atoms with Gasteiger partial charge < -0.3 is 19.6 Å². The van der Waals surface area contributed by atoms with Crippen molar-refractivity contribution in [3.05, 3.63) is 106 Å². The van der Waals surface area contributed by atoms with E-state index < -0.39 is 17.7 Å². The number of hydrogen-bond donors (Lipinski definition) is 2. The number of H-pyrrole nitrogens is 2. The highest BCUT2D eigenvalue weighted by Crippen LogP contribution is 2.35. The van der Waals surface area contributed by atoms with Gasteiger partial charge in [-0.15, -0.1) is 0 Å². The molecule has 3 aromatic carbocycles. The Hall–Kier alpha value is -4.57. The molecule has 2 N–H and O–H groups in total. The Balaban J connectivity index is 1.35. The van der Waals surface area contributed by atoms with Gasteiger partial charge in [-0.1, -0.05) is 29.8 Å². The minimum Gasteiger partial charge on any atom is -0.344 e. The van der Waals surface area contributed by atoms with Crippen LogP contribution in [0.3, 0.4) is 0 Å². The lowest BCUT2D eigenvalue weighted by molar-refractivity contribution is -0.128. The zero-order valence-corrected chi connectivity index (χ0v) is 20.4. The molecule has 1 amide bonds. The standard InChI is InChI=1S/C28H23F2N5O3/c1-16-2-4-17(5-3-16)26-21(14-35(33-26)20-8-6-19(29)7-9-20)27-34(25(36)15-38-27)11-10-18-12-23-24(13-22(18)30)32-28(37)31-23/h2-9,12-14,27H,10-11,15H2,1H3,(H2,31,32,37). The van der Waals surface area contributed by atoms with Crippen molar-refractivity contribution in [1.29, 1.82) is 0 Å². The highest BCUT2D eigenvalue weighted by Gasteiger charge is 2.36. The lowest BCUT2D eigenvalue weighted by atomic mass is 10.0. The fourth-order valence-electron chi connectivity index (χ4n) is 4.72. The molecule has 2 aromatic heterocycles. The lowest BCUT2D eigenvalue weighted by Crippen LogP contribution is -2.31. The zero-order valence-electron chi connectivity index (χ0n) is 20.4.